The molecule has 1 heterocycles. The number of rotatable bonds is 4. The van der Waals surface area contributed by atoms with Gasteiger partial charge >= 0.3 is 0 Å². The van der Waals surface area contributed by atoms with Crippen molar-refractivity contribution in [3.05, 3.63) is 35.5 Å². The minimum atomic E-state index is -3.67. The summed E-state index contributed by atoms with van der Waals surface area (Å²) in [7, 11) is -3.67. The molecule has 0 fully saturated rings. The first-order chi connectivity index (χ1) is 8.56. The minimum Gasteiger partial charge on any atom is -0.395 e. The number of nitrogens with zero attached hydrogens (tertiary/aromatic N) is 1. The fraction of sp³-hybridized carbons (Fsp3) is 0.182. The molecule has 7 heteroatoms. The molecule has 0 unspecified atom stereocenters. The van der Waals surface area contributed by atoms with Gasteiger partial charge in [-0.15, -0.1) is 0 Å². The summed E-state index contributed by atoms with van der Waals surface area (Å²) in [4.78, 5) is 4.16. The number of hydrogen-bond donors (Lipinski definition) is 2. The van der Waals surface area contributed by atoms with Crippen LogP contribution in [0.3, 0.4) is 0 Å². The summed E-state index contributed by atoms with van der Waals surface area (Å²) < 4.78 is 26.3. The van der Waals surface area contributed by atoms with Gasteiger partial charge in [-0.2, -0.15) is 0 Å². The lowest BCUT2D eigenvalue weighted by atomic mass is 10.2. The third kappa shape index (κ3) is 2.46. The Balaban J connectivity index is 2.62. The molecule has 0 saturated heterocycles. The molecule has 18 heavy (non-hydrogen) atoms. The van der Waals surface area contributed by atoms with Crippen LogP contribution in [0.4, 0.5) is 0 Å². The van der Waals surface area contributed by atoms with E-state index in [4.69, 9.17) is 16.7 Å². The van der Waals surface area contributed by atoms with E-state index in [-0.39, 0.29) is 18.0 Å². The number of aliphatic hydroxyl groups excluding tert-OH is 1. The van der Waals surface area contributed by atoms with Crippen LogP contribution in [0.2, 0.25) is 5.02 Å². The highest BCUT2D eigenvalue weighted by molar-refractivity contribution is 7.89. The quantitative estimate of drug-likeness (QED) is 0.884. The van der Waals surface area contributed by atoms with E-state index in [1.165, 1.54) is 12.1 Å². The van der Waals surface area contributed by atoms with Gasteiger partial charge in [0.25, 0.3) is 0 Å². The van der Waals surface area contributed by atoms with Gasteiger partial charge in [0.05, 0.1) is 22.0 Å². The van der Waals surface area contributed by atoms with E-state index < -0.39 is 10.0 Å². The maximum atomic E-state index is 12.0. The molecule has 2 aromatic rings. The second kappa shape index (κ2) is 5.19. The van der Waals surface area contributed by atoms with Crippen LogP contribution in [0, 0.1) is 0 Å². The molecule has 0 saturated carbocycles. The van der Waals surface area contributed by atoms with Gasteiger partial charge in [0.15, 0.2) is 0 Å². The third-order valence-electron chi connectivity index (χ3n) is 2.37. The number of halogens is 1. The Labute approximate surface area is 109 Å². The smallest absolute Gasteiger partial charge is 0.241 e. The van der Waals surface area contributed by atoms with Gasteiger partial charge in [-0.05, 0) is 24.3 Å². The van der Waals surface area contributed by atoms with Gasteiger partial charge in [-0.1, -0.05) is 11.6 Å². The number of hydrogen-bond acceptors (Lipinski definition) is 4. The van der Waals surface area contributed by atoms with Gasteiger partial charge < -0.3 is 5.11 Å². The van der Waals surface area contributed by atoms with Crippen molar-refractivity contribution in [2.24, 2.45) is 0 Å². The molecule has 0 aliphatic carbocycles. The summed E-state index contributed by atoms with van der Waals surface area (Å²) >= 11 is 5.97. The highest BCUT2D eigenvalue weighted by Gasteiger charge is 2.18. The van der Waals surface area contributed by atoms with Gasteiger partial charge in [0, 0.05) is 18.1 Å². The minimum absolute atomic E-state index is 0.0350. The van der Waals surface area contributed by atoms with Crippen molar-refractivity contribution < 1.29 is 13.5 Å². The molecule has 1 aromatic heterocycles. The normalized spacial score (nSPS) is 11.9. The molecule has 5 nitrogen and oxygen atoms in total. The zero-order valence-electron chi connectivity index (χ0n) is 9.30. The maximum absolute atomic E-state index is 12.0. The van der Waals surface area contributed by atoms with Crippen molar-refractivity contribution in [3.63, 3.8) is 0 Å². The lowest BCUT2D eigenvalue weighted by Gasteiger charge is -2.09. The van der Waals surface area contributed by atoms with Gasteiger partial charge in [0.2, 0.25) is 10.0 Å². The highest BCUT2D eigenvalue weighted by atomic mass is 35.5. The van der Waals surface area contributed by atoms with Crippen LogP contribution in [0.25, 0.3) is 10.9 Å². The first-order valence-electron chi connectivity index (χ1n) is 5.20. The van der Waals surface area contributed by atoms with Crippen molar-refractivity contribution in [1.82, 2.24) is 9.71 Å². The topological polar surface area (TPSA) is 79.3 Å². The zero-order valence-corrected chi connectivity index (χ0v) is 10.9. The number of benzene rings is 1. The fourth-order valence-electron chi connectivity index (χ4n) is 1.60. The lowest BCUT2D eigenvalue weighted by Crippen LogP contribution is -2.26. The average Bonchev–Trinajstić information content (AvgIpc) is 2.37. The average molecular weight is 287 g/mol. The molecule has 0 amide bonds. The first-order valence-corrected chi connectivity index (χ1v) is 7.06. The molecular weight excluding hydrogens is 276 g/mol. The summed E-state index contributed by atoms with van der Waals surface area (Å²) in [6.45, 7) is -0.296. The Kier molecular flexibility index (Phi) is 3.82. The third-order valence-corrected chi connectivity index (χ3v) is 4.20. The van der Waals surface area contributed by atoms with E-state index >= 15 is 0 Å². The summed E-state index contributed by atoms with van der Waals surface area (Å²) in [5.74, 6) is 0. The summed E-state index contributed by atoms with van der Waals surface area (Å²) in [5, 5.41) is 9.52. The van der Waals surface area contributed by atoms with Crippen molar-refractivity contribution in [3.8, 4) is 0 Å². The Morgan fingerprint density at radius 2 is 2.11 bits per heavy atom. The summed E-state index contributed by atoms with van der Waals surface area (Å²) in [6, 6.07) is 6.20. The van der Waals surface area contributed by atoms with Crippen molar-refractivity contribution in [1.29, 1.82) is 0 Å². The van der Waals surface area contributed by atoms with Crippen molar-refractivity contribution in [2.75, 3.05) is 13.2 Å². The molecule has 0 bridgehead atoms. The summed E-state index contributed by atoms with van der Waals surface area (Å²) in [5.41, 5.74) is 0.436. The summed E-state index contributed by atoms with van der Waals surface area (Å²) in [6.07, 6.45) is 1.55. The Morgan fingerprint density at radius 3 is 2.83 bits per heavy atom. The molecule has 0 atom stereocenters. The molecule has 1 aromatic carbocycles. The highest BCUT2D eigenvalue weighted by Crippen LogP contribution is 2.27. The predicted molar refractivity (Wildman–Crippen MR) is 69.0 cm³/mol. The van der Waals surface area contributed by atoms with Crippen LogP contribution in [0.5, 0.6) is 0 Å². The Morgan fingerprint density at radius 1 is 1.33 bits per heavy atom. The number of fused-ring (bicyclic) bond motifs is 1. The van der Waals surface area contributed by atoms with E-state index in [0.717, 1.165) is 0 Å². The number of aromatic nitrogens is 1. The zero-order chi connectivity index (χ0) is 13.2. The van der Waals surface area contributed by atoms with Crippen LogP contribution < -0.4 is 4.72 Å². The number of nitrogens with one attached hydrogen (secondary N) is 1. The second-order valence-electron chi connectivity index (χ2n) is 3.57. The number of pyridine rings is 1. The van der Waals surface area contributed by atoms with E-state index in [1.54, 1.807) is 18.3 Å². The second-order valence-corrected chi connectivity index (χ2v) is 5.71. The molecule has 0 spiro atoms. The Hall–Kier alpha value is -1.21. The monoisotopic (exact) mass is 286 g/mol. The molecule has 96 valence electrons. The van der Waals surface area contributed by atoms with Crippen LogP contribution >= 0.6 is 11.6 Å². The van der Waals surface area contributed by atoms with E-state index in [1.807, 2.05) is 0 Å². The molecule has 2 rings (SSSR count). The molecule has 0 aliphatic rings. The van der Waals surface area contributed by atoms with Crippen LogP contribution in [-0.2, 0) is 10.0 Å². The van der Waals surface area contributed by atoms with Gasteiger partial charge in [0.1, 0.15) is 0 Å². The number of aliphatic hydroxyl groups is 1. The molecule has 0 aliphatic heterocycles. The predicted octanol–water partition coefficient (Wildman–Crippen LogP) is 1.16. The van der Waals surface area contributed by atoms with Crippen LogP contribution in [0.1, 0.15) is 0 Å². The number of sulfonamides is 1. The van der Waals surface area contributed by atoms with E-state index in [0.29, 0.717) is 15.9 Å². The van der Waals surface area contributed by atoms with Crippen LogP contribution in [-0.4, -0.2) is 31.7 Å². The van der Waals surface area contributed by atoms with E-state index in [2.05, 4.69) is 9.71 Å². The SMILES string of the molecule is O=S(=O)(NCCO)c1ccc(Cl)c2ncccc12. The lowest BCUT2D eigenvalue weighted by molar-refractivity contribution is 0.301. The largest absolute Gasteiger partial charge is 0.395 e. The van der Waals surface area contributed by atoms with E-state index in [9.17, 15) is 8.42 Å². The molecular formula is C11H11ClN2O3S. The first kappa shape index (κ1) is 13.2. The van der Waals surface area contributed by atoms with Crippen molar-refractivity contribution >= 4 is 32.5 Å². The van der Waals surface area contributed by atoms with Gasteiger partial charge in [-0.25, -0.2) is 13.1 Å². The van der Waals surface area contributed by atoms with Crippen LogP contribution in [0.15, 0.2) is 35.4 Å². The van der Waals surface area contributed by atoms with Gasteiger partial charge in [-0.3, -0.25) is 4.98 Å². The molecule has 0 radical (unpaired) electrons. The molecule has 2 N–H and O–H groups in total. The fourth-order valence-corrected chi connectivity index (χ4v) is 3.03. The van der Waals surface area contributed by atoms with Crippen molar-refractivity contribution in [2.45, 2.75) is 4.90 Å². The maximum Gasteiger partial charge on any atom is 0.241 e. The standard InChI is InChI=1S/C11H11ClN2O3S/c12-9-3-4-10(18(16,17)14-6-7-15)8-2-1-5-13-11(8)9/h1-5,14-15H,6-7H2. The Bertz CT molecular complexity index is 673.